The van der Waals surface area contributed by atoms with Gasteiger partial charge in [0, 0.05) is 19.5 Å². The Kier molecular flexibility index (Phi) is 12.2. The number of benzene rings is 4. The maximum absolute atomic E-state index is 14.4. The van der Waals surface area contributed by atoms with Crippen molar-refractivity contribution in [1.82, 2.24) is 10.2 Å². The van der Waals surface area contributed by atoms with Crippen molar-refractivity contribution < 1.29 is 35.6 Å². The lowest BCUT2D eigenvalue weighted by molar-refractivity contribution is -0.140. The maximum atomic E-state index is 14.4. The minimum atomic E-state index is -4.93. The number of carbonyl (C=O) groups is 2. The van der Waals surface area contributed by atoms with Gasteiger partial charge in [0.15, 0.2) is 0 Å². The average molecular weight is 704 g/mol. The molecule has 0 aliphatic rings. The van der Waals surface area contributed by atoms with E-state index in [0.29, 0.717) is 34.5 Å². The molecule has 0 heterocycles. The number of carbonyl (C=O) groups excluding carboxylic acids is 2. The summed E-state index contributed by atoms with van der Waals surface area (Å²) >= 11 is 5.85. The van der Waals surface area contributed by atoms with Gasteiger partial charge in [-0.3, -0.25) is 13.9 Å². The summed E-state index contributed by atoms with van der Waals surface area (Å²) in [5.74, 6) is -1.92. The number of anilines is 1. The number of amides is 2. The van der Waals surface area contributed by atoms with Crippen molar-refractivity contribution in [3.63, 3.8) is 0 Å². The number of nitrogens with one attached hydrogen (secondary N) is 1. The van der Waals surface area contributed by atoms with Gasteiger partial charge in [0.25, 0.3) is 10.0 Å². The molecule has 254 valence electrons. The predicted octanol–water partition coefficient (Wildman–Crippen LogP) is 7.25. The first-order valence-electron chi connectivity index (χ1n) is 15.1. The monoisotopic (exact) mass is 703 g/mol. The molecule has 7 nitrogen and oxygen atoms in total. The van der Waals surface area contributed by atoms with Crippen LogP contribution in [0.4, 0.5) is 23.2 Å². The Bertz CT molecular complexity index is 1790. The zero-order valence-corrected chi connectivity index (χ0v) is 27.5. The van der Waals surface area contributed by atoms with Crippen molar-refractivity contribution in [1.29, 1.82) is 0 Å². The average Bonchev–Trinajstić information content (AvgIpc) is 3.06. The van der Waals surface area contributed by atoms with E-state index in [1.54, 1.807) is 36.4 Å². The lowest BCUT2D eigenvalue weighted by Gasteiger charge is -2.34. The fourth-order valence-electron chi connectivity index (χ4n) is 4.98. The minimum Gasteiger partial charge on any atom is -0.354 e. The number of sulfonamides is 1. The molecule has 48 heavy (non-hydrogen) atoms. The lowest BCUT2D eigenvalue weighted by Crippen LogP contribution is -2.53. The quantitative estimate of drug-likeness (QED) is 0.111. The minimum absolute atomic E-state index is 0.0380. The molecule has 0 spiro atoms. The van der Waals surface area contributed by atoms with E-state index < -0.39 is 62.7 Å². The van der Waals surface area contributed by atoms with Crippen LogP contribution in [0.3, 0.4) is 0 Å². The first-order chi connectivity index (χ1) is 22.8. The number of unbranched alkanes of at least 4 members (excludes halogenated alkanes) is 1. The van der Waals surface area contributed by atoms with E-state index in [2.05, 4.69) is 5.32 Å². The SMILES string of the molecule is CCCCNC(=O)[C@@H](Cc1ccccc1)N(Cc1ccc(F)cc1)C(=O)CN(c1ccc(Cl)c(C(F)(F)F)c1)S(=O)(=O)c1ccccc1. The highest BCUT2D eigenvalue weighted by Crippen LogP contribution is 2.38. The van der Waals surface area contributed by atoms with E-state index in [-0.39, 0.29) is 17.9 Å². The van der Waals surface area contributed by atoms with Gasteiger partial charge in [0.2, 0.25) is 11.8 Å². The molecule has 1 N–H and O–H groups in total. The van der Waals surface area contributed by atoms with Gasteiger partial charge in [0.05, 0.1) is 21.2 Å². The number of hydrogen-bond donors (Lipinski definition) is 1. The molecule has 0 aliphatic heterocycles. The summed E-state index contributed by atoms with van der Waals surface area (Å²) in [7, 11) is -4.63. The molecule has 13 heteroatoms. The van der Waals surface area contributed by atoms with Crippen molar-refractivity contribution in [3.05, 3.63) is 131 Å². The summed E-state index contributed by atoms with van der Waals surface area (Å²) in [5.41, 5.74) is -0.612. The first-order valence-corrected chi connectivity index (χ1v) is 16.9. The molecule has 4 rings (SSSR count). The van der Waals surface area contributed by atoms with Crippen molar-refractivity contribution in [2.24, 2.45) is 0 Å². The summed E-state index contributed by atoms with van der Waals surface area (Å²) in [6, 6.07) is 22.4. The second-order valence-corrected chi connectivity index (χ2v) is 13.3. The molecule has 0 saturated heterocycles. The highest BCUT2D eigenvalue weighted by atomic mass is 35.5. The molecule has 1 atom stereocenters. The highest BCUT2D eigenvalue weighted by molar-refractivity contribution is 7.92. The summed E-state index contributed by atoms with van der Waals surface area (Å²) in [5, 5.41) is 2.19. The van der Waals surface area contributed by atoms with Crippen LogP contribution in [0, 0.1) is 5.82 Å². The van der Waals surface area contributed by atoms with Crippen LogP contribution in [0.1, 0.15) is 36.5 Å². The summed E-state index contributed by atoms with van der Waals surface area (Å²) in [4.78, 5) is 29.1. The Labute approximate surface area is 282 Å². The van der Waals surface area contributed by atoms with Gasteiger partial charge in [-0.25, -0.2) is 12.8 Å². The van der Waals surface area contributed by atoms with Crippen molar-refractivity contribution in [2.75, 3.05) is 17.4 Å². The number of rotatable bonds is 14. The van der Waals surface area contributed by atoms with Gasteiger partial charge >= 0.3 is 6.18 Å². The largest absolute Gasteiger partial charge is 0.417 e. The molecule has 4 aromatic carbocycles. The number of alkyl halides is 3. The molecule has 0 unspecified atom stereocenters. The molecule has 0 fully saturated rings. The van der Waals surface area contributed by atoms with Crippen molar-refractivity contribution in [3.8, 4) is 0 Å². The fourth-order valence-corrected chi connectivity index (χ4v) is 6.63. The second kappa shape index (κ2) is 16.1. The fraction of sp³-hybridized carbons (Fsp3) is 0.257. The van der Waals surface area contributed by atoms with Crippen LogP contribution >= 0.6 is 11.6 Å². The van der Waals surface area contributed by atoms with Crippen LogP contribution < -0.4 is 9.62 Å². The van der Waals surface area contributed by atoms with E-state index >= 15 is 0 Å². The van der Waals surface area contributed by atoms with Crippen LogP contribution in [0.25, 0.3) is 0 Å². The molecule has 4 aromatic rings. The lowest BCUT2D eigenvalue weighted by atomic mass is 10.0. The molecule has 0 bridgehead atoms. The van der Waals surface area contributed by atoms with E-state index in [9.17, 15) is 35.6 Å². The van der Waals surface area contributed by atoms with Crippen LogP contribution in [0.2, 0.25) is 5.02 Å². The topological polar surface area (TPSA) is 86.8 Å². The zero-order valence-electron chi connectivity index (χ0n) is 26.0. The Morgan fingerprint density at radius 3 is 2.10 bits per heavy atom. The molecule has 2 amide bonds. The molecule has 0 aromatic heterocycles. The van der Waals surface area contributed by atoms with Gasteiger partial charge in [-0.1, -0.05) is 85.6 Å². The predicted molar refractivity (Wildman–Crippen MR) is 176 cm³/mol. The first kappa shape index (κ1) is 36.4. The van der Waals surface area contributed by atoms with Gasteiger partial charge in [-0.15, -0.1) is 0 Å². The molecule has 0 saturated carbocycles. The Hall–Kier alpha value is -4.42. The third kappa shape index (κ3) is 9.35. The number of nitrogens with zero attached hydrogens (tertiary/aromatic N) is 2. The molecule has 0 radical (unpaired) electrons. The molecular weight excluding hydrogens is 670 g/mol. The Morgan fingerprint density at radius 2 is 1.50 bits per heavy atom. The van der Waals surface area contributed by atoms with E-state index in [1.165, 1.54) is 53.4 Å². The van der Waals surface area contributed by atoms with E-state index in [1.807, 2.05) is 6.92 Å². The van der Waals surface area contributed by atoms with Crippen molar-refractivity contribution >= 4 is 39.1 Å². The summed E-state index contributed by atoms with van der Waals surface area (Å²) < 4.78 is 84.1. The van der Waals surface area contributed by atoms with E-state index in [4.69, 9.17) is 11.6 Å². The smallest absolute Gasteiger partial charge is 0.354 e. The normalized spacial score (nSPS) is 12.3. The highest BCUT2D eigenvalue weighted by Gasteiger charge is 2.37. The van der Waals surface area contributed by atoms with Crippen LogP contribution in [-0.4, -0.2) is 44.3 Å². The number of hydrogen-bond acceptors (Lipinski definition) is 4. The Morgan fingerprint density at radius 1 is 0.875 bits per heavy atom. The Balaban J connectivity index is 1.84. The summed E-state index contributed by atoms with van der Waals surface area (Å²) in [6.45, 7) is 1.07. The standard InChI is InChI=1S/C35H34ClF4N3O4S/c1-2-3-20-41-34(45)32(21-25-10-6-4-7-11-25)42(23-26-14-16-27(37)17-15-26)33(44)24-43(48(46,47)29-12-8-5-9-13-29)28-18-19-31(36)30(22-28)35(38,39)40/h4-19,22,32H,2-3,20-21,23-24H2,1H3,(H,41,45)/t32-/m1/s1. The number of halogens is 5. The van der Waals surface area contributed by atoms with Gasteiger partial charge in [-0.2, -0.15) is 13.2 Å². The van der Waals surface area contributed by atoms with Crippen LogP contribution in [-0.2, 0) is 38.8 Å². The maximum Gasteiger partial charge on any atom is 0.417 e. The molecular formula is C35H34ClF4N3O4S. The van der Waals surface area contributed by atoms with Crippen molar-refractivity contribution in [2.45, 2.75) is 49.8 Å². The van der Waals surface area contributed by atoms with E-state index in [0.717, 1.165) is 18.6 Å². The molecule has 0 aliphatic carbocycles. The van der Waals surface area contributed by atoms with Gasteiger partial charge in [-0.05, 0) is 60.0 Å². The second-order valence-electron chi connectivity index (χ2n) is 11.0. The van der Waals surface area contributed by atoms with Gasteiger partial charge < -0.3 is 10.2 Å². The third-order valence-corrected chi connectivity index (χ3v) is 9.64. The third-order valence-electron chi connectivity index (χ3n) is 7.52. The van der Waals surface area contributed by atoms with Crippen LogP contribution in [0.5, 0.6) is 0 Å². The summed E-state index contributed by atoms with van der Waals surface area (Å²) in [6.07, 6.45) is -3.44. The van der Waals surface area contributed by atoms with Crippen LogP contribution in [0.15, 0.2) is 108 Å². The van der Waals surface area contributed by atoms with Gasteiger partial charge in [0.1, 0.15) is 18.4 Å². The zero-order chi connectivity index (χ0) is 34.9.